The Morgan fingerprint density at radius 2 is 2.00 bits per heavy atom. The summed E-state index contributed by atoms with van der Waals surface area (Å²) in [4.78, 5) is 23.5. The van der Waals surface area contributed by atoms with E-state index in [1.807, 2.05) is 0 Å². The molecule has 1 aliphatic rings. The molecule has 2 amide bonds. The Morgan fingerprint density at radius 1 is 1.23 bits per heavy atom. The van der Waals surface area contributed by atoms with Gasteiger partial charge in [-0.1, -0.05) is 17.7 Å². The summed E-state index contributed by atoms with van der Waals surface area (Å²) in [6.45, 7) is -0.199. The van der Waals surface area contributed by atoms with Gasteiger partial charge in [0, 0.05) is 17.2 Å². The number of fused-ring (bicyclic) bond motifs is 1. The van der Waals surface area contributed by atoms with Crippen LogP contribution in [0.2, 0.25) is 5.02 Å². The van der Waals surface area contributed by atoms with E-state index in [-0.39, 0.29) is 18.9 Å². The monoisotopic (exact) mass is 377 g/mol. The minimum atomic E-state index is -0.567. The topological polar surface area (TPSA) is 89.0 Å². The van der Waals surface area contributed by atoms with Crippen LogP contribution in [0.15, 0.2) is 41.5 Å². The molecule has 0 fully saturated rings. The molecule has 2 aromatic rings. The molecular formula is C17H13ClFN3O4. The molecule has 2 aromatic carbocycles. The molecule has 0 atom stereocenters. The van der Waals surface area contributed by atoms with E-state index < -0.39 is 17.6 Å². The van der Waals surface area contributed by atoms with Gasteiger partial charge in [-0.15, -0.1) is 0 Å². The fourth-order valence-electron chi connectivity index (χ4n) is 2.14. The third-order valence-electron chi connectivity index (χ3n) is 3.38. The van der Waals surface area contributed by atoms with E-state index in [9.17, 15) is 14.0 Å². The first-order valence-corrected chi connectivity index (χ1v) is 7.85. The minimum absolute atomic E-state index is 0.119. The summed E-state index contributed by atoms with van der Waals surface area (Å²) in [5.41, 5.74) is 2.90. The number of rotatable bonds is 5. The van der Waals surface area contributed by atoms with E-state index in [0.717, 1.165) is 6.07 Å². The smallest absolute Gasteiger partial charge is 0.259 e. The zero-order chi connectivity index (χ0) is 18.5. The number of carbonyl (C=O) groups excluding carboxylic acids is 2. The summed E-state index contributed by atoms with van der Waals surface area (Å²) >= 11 is 6.08. The van der Waals surface area contributed by atoms with E-state index in [1.54, 1.807) is 12.1 Å². The maximum atomic E-state index is 13.1. The first-order chi connectivity index (χ1) is 12.5. The summed E-state index contributed by atoms with van der Waals surface area (Å²) in [6.07, 6.45) is 1.34. The standard InChI is InChI=1S/C17H13ClFN3O4/c18-13-6-15-14(25-9-26-15)5-11(13)7-21-22-16(23)8-20-17(24)10-2-1-3-12(19)4-10/h1-7H,8-9H2,(H,20,24)(H,22,23). The second-order valence-corrected chi connectivity index (χ2v) is 5.62. The molecule has 3 rings (SSSR count). The van der Waals surface area contributed by atoms with Gasteiger partial charge in [-0.3, -0.25) is 9.59 Å². The first kappa shape index (κ1) is 17.7. The summed E-state index contributed by atoms with van der Waals surface area (Å²) in [5.74, 6) is -0.585. The van der Waals surface area contributed by atoms with Crippen molar-refractivity contribution in [2.75, 3.05) is 13.3 Å². The van der Waals surface area contributed by atoms with Gasteiger partial charge in [0.2, 0.25) is 6.79 Å². The fraction of sp³-hybridized carbons (Fsp3) is 0.118. The third-order valence-corrected chi connectivity index (χ3v) is 3.71. The lowest BCUT2D eigenvalue weighted by molar-refractivity contribution is -0.120. The second kappa shape index (κ2) is 7.83. The zero-order valence-corrected chi connectivity index (χ0v) is 14.0. The molecule has 1 aliphatic heterocycles. The Hall–Kier alpha value is -3.13. The lowest BCUT2D eigenvalue weighted by Crippen LogP contribution is -2.34. The molecule has 0 radical (unpaired) electrons. The lowest BCUT2D eigenvalue weighted by atomic mass is 10.2. The molecule has 26 heavy (non-hydrogen) atoms. The highest BCUT2D eigenvalue weighted by molar-refractivity contribution is 6.33. The number of hydrogen-bond donors (Lipinski definition) is 2. The highest BCUT2D eigenvalue weighted by atomic mass is 35.5. The number of hydrazone groups is 1. The van der Waals surface area contributed by atoms with Gasteiger partial charge in [-0.25, -0.2) is 9.82 Å². The number of amides is 2. The summed E-state index contributed by atoms with van der Waals surface area (Å²) in [7, 11) is 0. The number of benzene rings is 2. The van der Waals surface area contributed by atoms with Crippen LogP contribution < -0.4 is 20.2 Å². The van der Waals surface area contributed by atoms with Crippen LogP contribution in [0.1, 0.15) is 15.9 Å². The predicted octanol–water partition coefficient (Wildman–Crippen LogP) is 2.09. The van der Waals surface area contributed by atoms with Crippen molar-refractivity contribution in [2.45, 2.75) is 0 Å². The van der Waals surface area contributed by atoms with Gasteiger partial charge in [0.15, 0.2) is 11.5 Å². The highest BCUT2D eigenvalue weighted by Gasteiger charge is 2.15. The Morgan fingerprint density at radius 3 is 2.77 bits per heavy atom. The van der Waals surface area contributed by atoms with Crippen molar-refractivity contribution in [3.05, 3.63) is 58.4 Å². The number of carbonyl (C=O) groups is 2. The van der Waals surface area contributed by atoms with Crippen LogP contribution in [-0.2, 0) is 4.79 Å². The van der Waals surface area contributed by atoms with Crippen LogP contribution in [0, 0.1) is 5.82 Å². The molecule has 0 aromatic heterocycles. The zero-order valence-electron chi connectivity index (χ0n) is 13.3. The van der Waals surface area contributed by atoms with Crippen molar-refractivity contribution >= 4 is 29.6 Å². The first-order valence-electron chi connectivity index (χ1n) is 7.48. The molecule has 2 N–H and O–H groups in total. The summed E-state index contributed by atoms with van der Waals surface area (Å²) < 4.78 is 23.5. The molecule has 7 nitrogen and oxygen atoms in total. The SMILES string of the molecule is O=C(CNC(=O)c1cccc(F)c1)NN=Cc1cc2c(cc1Cl)OCO2. The average molecular weight is 378 g/mol. The van der Waals surface area contributed by atoms with Crippen molar-refractivity contribution in [3.8, 4) is 11.5 Å². The van der Waals surface area contributed by atoms with Crippen molar-refractivity contribution in [3.63, 3.8) is 0 Å². The van der Waals surface area contributed by atoms with E-state index in [0.29, 0.717) is 22.1 Å². The molecule has 1 heterocycles. The molecule has 134 valence electrons. The maximum absolute atomic E-state index is 13.1. The van der Waals surface area contributed by atoms with Gasteiger partial charge in [0.1, 0.15) is 5.82 Å². The Labute approximate surface area is 152 Å². The Balaban J connectivity index is 1.51. The van der Waals surface area contributed by atoms with Gasteiger partial charge in [0.25, 0.3) is 11.8 Å². The van der Waals surface area contributed by atoms with Crippen molar-refractivity contribution in [1.29, 1.82) is 0 Å². The largest absolute Gasteiger partial charge is 0.454 e. The molecular weight excluding hydrogens is 365 g/mol. The van der Waals surface area contributed by atoms with Gasteiger partial charge in [-0.2, -0.15) is 5.10 Å². The van der Waals surface area contributed by atoms with Crippen LogP contribution in [0.25, 0.3) is 0 Å². The highest BCUT2D eigenvalue weighted by Crippen LogP contribution is 2.36. The predicted molar refractivity (Wildman–Crippen MR) is 92.0 cm³/mol. The Kier molecular flexibility index (Phi) is 5.33. The van der Waals surface area contributed by atoms with Gasteiger partial charge in [-0.05, 0) is 24.3 Å². The van der Waals surface area contributed by atoms with Gasteiger partial charge < -0.3 is 14.8 Å². The summed E-state index contributed by atoms with van der Waals surface area (Å²) in [6, 6.07) is 8.37. The molecule has 0 saturated carbocycles. The minimum Gasteiger partial charge on any atom is -0.454 e. The Bertz CT molecular complexity index is 888. The number of hydrogen-bond acceptors (Lipinski definition) is 5. The molecule has 0 saturated heterocycles. The van der Waals surface area contributed by atoms with Crippen LogP contribution in [0.4, 0.5) is 4.39 Å². The van der Waals surface area contributed by atoms with Crippen LogP contribution in [-0.4, -0.2) is 31.4 Å². The normalized spacial score (nSPS) is 12.2. The lowest BCUT2D eigenvalue weighted by Gasteiger charge is -2.04. The summed E-state index contributed by atoms with van der Waals surface area (Å²) in [5, 5.41) is 6.52. The number of halogens is 2. The van der Waals surface area contributed by atoms with E-state index in [2.05, 4.69) is 15.8 Å². The number of nitrogens with one attached hydrogen (secondary N) is 2. The molecule has 0 aliphatic carbocycles. The van der Waals surface area contributed by atoms with E-state index in [4.69, 9.17) is 21.1 Å². The van der Waals surface area contributed by atoms with Crippen LogP contribution >= 0.6 is 11.6 Å². The average Bonchev–Trinajstić information content (AvgIpc) is 3.07. The van der Waals surface area contributed by atoms with E-state index in [1.165, 1.54) is 24.4 Å². The van der Waals surface area contributed by atoms with Crippen LogP contribution in [0.3, 0.4) is 0 Å². The number of nitrogens with zero attached hydrogens (tertiary/aromatic N) is 1. The van der Waals surface area contributed by atoms with Crippen molar-refractivity contribution in [2.24, 2.45) is 5.10 Å². The second-order valence-electron chi connectivity index (χ2n) is 5.21. The van der Waals surface area contributed by atoms with Gasteiger partial charge in [0.05, 0.1) is 17.8 Å². The maximum Gasteiger partial charge on any atom is 0.259 e. The molecule has 0 unspecified atom stereocenters. The third kappa shape index (κ3) is 4.28. The van der Waals surface area contributed by atoms with E-state index >= 15 is 0 Å². The van der Waals surface area contributed by atoms with Crippen molar-refractivity contribution in [1.82, 2.24) is 10.7 Å². The molecule has 0 spiro atoms. The van der Waals surface area contributed by atoms with Crippen LogP contribution in [0.5, 0.6) is 11.5 Å². The number of ether oxygens (including phenoxy) is 2. The van der Waals surface area contributed by atoms with Gasteiger partial charge >= 0.3 is 0 Å². The van der Waals surface area contributed by atoms with Crippen molar-refractivity contribution < 1.29 is 23.5 Å². The molecule has 0 bridgehead atoms. The fourth-order valence-corrected chi connectivity index (χ4v) is 2.34. The quantitative estimate of drug-likeness (QED) is 0.617. The molecule has 9 heteroatoms.